The summed E-state index contributed by atoms with van der Waals surface area (Å²) >= 11 is 12.0. The van der Waals surface area contributed by atoms with E-state index in [1.54, 1.807) is 6.07 Å². The molecule has 0 aliphatic carbocycles. The molecule has 2 aromatic rings. The molecule has 1 aliphatic rings. The Labute approximate surface area is 139 Å². The standard InChI is InChI=1S/C16H17Cl2N3O/c1-10-19-15(7-16(22)20-10)12-4-5-21(9-12)8-11-2-3-13(17)14(18)6-11/h2-3,6-7,12H,4-5,8-9H2,1H3,(H,19,20,22)/t12-/m0/s1. The van der Waals surface area contributed by atoms with Gasteiger partial charge in [-0.05, 0) is 37.6 Å². The Bertz CT molecular complexity index is 744. The third-order valence-electron chi connectivity index (χ3n) is 3.96. The van der Waals surface area contributed by atoms with Crippen LogP contribution < -0.4 is 5.56 Å². The minimum atomic E-state index is -0.0783. The van der Waals surface area contributed by atoms with Gasteiger partial charge in [0.2, 0.25) is 0 Å². The molecule has 0 amide bonds. The van der Waals surface area contributed by atoms with Crippen molar-refractivity contribution >= 4 is 23.2 Å². The molecule has 0 unspecified atom stereocenters. The first-order valence-electron chi connectivity index (χ1n) is 7.25. The zero-order valence-corrected chi connectivity index (χ0v) is 13.8. The lowest BCUT2D eigenvalue weighted by molar-refractivity contribution is 0.326. The first kappa shape index (κ1) is 15.5. The van der Waals surface area contributed by atoms with E-state index in [4.69, 9.17) is 23.2 Å². The van der Waals surface area contributed by atoms with E-state index in [1.807, 2.05) is 25.1 Å². The summed E-state index contributed by atoms with van der Waals surface area (Å²) in [5.74, 6) is 0.981. The lowest BCUT2D eigenvalue weighted by Gasteiger charge is -2.16. The van der Waals surface area contributed by atoms with Gasteiger partial charge in [-0.1, -0.05) is 29.3 Å². The van der Waals surface area contributed by atoms with Gasteiger partial charge in [-0.25, -0.2) is 4.98 Å². The molecule has 2 heterocycles. The number of benzene rings is 1. The van der Waals surface area contributed by atoms with Crippen molar-refractivity contribution in [2.24, 2.45) is 0 Å². The maximum absolute atomic E-state index is 11.6. The Kier molecular flexibility index (Phi) is 4.52. The second-order valence-electron chi connectivity index (χ2n) is 5.72. The number of halogens is 2. The highest BCUT2D eigenvalue weighted by molar-refractivity contribution is 6.42. The Morgan fingerprint density at radius 2 is 2.14 bits per heavy atom. The number of hydrogen-bond donors (Lipinski definition) is 1. The fourth-order valence-electron chi connectivity index (χ4n) is 2.93. The fraction of sp³-hybridized carbons (Fsp3) is 0.375. The molecule has 0 radical (unpaired) electrons. The Morgan fingerprint density at radius 1 is 1.32 bits per heavy atom. The monoisotopic (exact) mass is 337 g/mol. The molecular weight excluding hydrogens is 321 g/mol. The van der Waals surface area contributed by atoms with E-state index < -0.39 is 0 Å². The average Bonchev–Trinajstić information content (AvgIpc) is 2.90. The van der Waals surface area contributed by atoms with Crippen LogP contribution in [0, 0.1) is 6.92 Å². The summed E-state index contributed by atoms with van der Waals surface area (Å²) in [6, 6.07) is 7.35. The maximum atomic E-state index is 11.6. The molecule has 1 atom stereocenters. The van der Waals surface area contributed by atoms with Gasteiger partial charge in [0.15, 0.2) is 0 Å². The molecular formula is C16H17Cl2N3O. The van der Waals surface area contributed by atoms with Gasteiger partial charge in [-0.3, -0.25) is 9.69 Å². The minimum absolute atomic E-state index is 0.0783. The zero-order valence-electron chi connectivity index (χ0n) is 12.3. The summed E-state index contributed by atoms with van der Waals surface area (Å²) < 4.78 is 0. The van der Waals surface area contributed by atoms with E-state index >= 15 is 0 Å². The van der Waals surface area contributed by atoms with E-state index in [2.05, 4.69) is 14.9 Å². The second-order valence-corrected chi connectivity index (χ2v) is 6.54. The van der Waals surface area contributed by atoms with Crippen molar-refractivity contribution in [2.75, 3.05) is 13.1 Å². The Balaban J connectivity index is 1.69. The number of nitrogens with zero attached hydrogens (tertiary/aromatic N) is 2. The molecule has 0 bridgehead atoms. The van der Waals surface area contributed by atoms with Crippen LogP contribution in [-0.4, -0.2) is 28.0 Å². The average molecular weight is 338 g/mol. The fourth-order valence-corrected chi connectivity index (χ4v) is 3.25. The van der Waals surface area contributed by atoms with Gasteiger partial charge in [0.05, 0.1) is 15.7 Å². The SMILES string of the molecule is Cc1nc([C@H]2CCN(Cc3ccc(Cl)c(Cl)c3)C2)cc(=O)[nH]1. The summed E-state index contributed by atoms with van der Waals surface area (Å²) in [6.07, 6.45) is 1.01. The molecule has 3 rings (SSSR count). The van der Waals surface area contributed by atoms with Crippen LogP contribution in [0.1, 0.15) is 29.4 Å². The van der Waals surface area contributed by atoms with Crippen molar-refractivity contribution in [3.63, 3.8) is 0 Å². The molecule has 116 valence electrons. The van der Waals surface area contributed by atoms with E-state index in [0.717, 1.165) is 37.3 Å². The summed E-state index contributed by atoms with van der Waals surface area (Å²) in [5, 5.41) is 1.16. The van der Waals surface area contributed by atoms with Gasteiger partial charge >= 0.3 is 0 Å². The normalized spacial score (nSPS) is 18.8. The number of likely N-dealkylation sites (tertiary alicyclic amines) is 1. The van der Waals surface area contributed by atoms with Crippen LogP contribution in [0.5, 0.6) is 0 Å². The Morgan fingerprint density at radius 3 is 2.86 bits per heavy atom. The van der Waals surface area contributed by atoms with E-state index in [9.17, 15) is 4.79 Å². The molecule has 1 N–H and O–H groups in total. The molecule has 1 fully saturated rings. The predicted octanol–water partition coefficient (Wildman–Crippen LogP) is 3.37. The highest BCUT2D eigenvalue weighted by atomic mass is 35.5. The van der Waals surface area contributed by atoms with Crippen LogP contribution in [0.3, 0.4) is 0 Å². The molecule has 0 spiro atoms. The van der Waals surface area contributed by atoms with Crippen molar-refractivity contribution in [3.05, 3.63) is 61.7 Å². The second kappa shape index (κ2) is 6.41. The molecule has 22 heavy (non-hydrogen) atoms. The third-order valence-corrected chi connectivity index (χ3v) is 4.70. The molecule has 1 aromatic heterocycles. The maximum Gasteiger partial charge on any atom is 0.251 e. The number of hydrogen-bond acceptors (Lipinski definition) is 3. The summed E-state index contributed by atoms with van der Waals surface area (Å²) in [4.78, 5) is 21.1. The molecule has 4 nitrogen and oxygen atoms in total. The smallest absolute Gasteiger partial charge is 0.251 e. The molecule has 6 heteroatoms. The van der Waals surface area contributed by atoms with Crippen molar-refractivity contribution in [1.82, 2.24) is 14.9 Å². The third kappa shape index (κ3) is 3.51. The van der Waals surface area contributed by atoms with E-state index in [-0.39, 0.29) is 5.56 Å². The minimum Gasteiger partial charge on any atom is -0.311 e. The van der Waals surface area contributed by atoms with Gasteiger partial charge < -0.3 is 4.98 Å². The van der Waals surface area contributed by atoms with Crippen LogP contribution >= 0.6 is 23.2 Å². The van der Waals surface area contributed by atoms with Gasteiger partial charge in [0.25, 0.3) is 5.56 Å². The van der Waals surface area contributed by atoms with Gasteiger partial charge in [0.1, 0.15) is 5.82 Å². The highest BCUT2D eigenvalue weighted by Gasteiger charge is 2.25. The summed E-state index contributed by atoms with van der Waals surface area (Å²) in [5.41, 5.74) is 1.95. The molecule has 1 aliphatic heterocycles. The largest absolute Gasteiger partial charge is 0.311 e. The highest BCUT2D eigenvalue weighted by Crippen LogP contribution is 2.28. The van der Waals surface area contributed by atoms with Crippen molar-refractivity contribution in [2.45, 2.75) is 25.8 Å². The van der Waals surface area contributed by atoms with Crippen LogP contribution in [-0.2, 0) is 6.54 Å². The molecule has 0 saturated carbocycles. The van der Waals surface area contributed by atoms with E-state index in [0.29, 0.717) is 21.8 Å². The number of aromatic amines is 1. The van der Waals surface area contributed by atoms with Crippen LogP contribution in [0.15, 0.2) is 29.1 Å². The van der Waals surface area contributed by atoms with Crippen LogP contribution in [0.25, 0.3) is 0 Å². The topological polar surface area (TPSA) is 49.0 Å². The molecule has 1 aromatic carbocycles. The number of rotatable bonds is 3. The van der Waals surface area contributed by atoms with E-state index in [1.165, 1.54) is 0 Å². The van der Waals surface area contributed by atoms with Gasteiger partial charge in [-0.2, -0.15) is 0 Å². The number of aromatic nitrogens is 2. The number of H-pyrrole nitrogens is 1. The van der Waals surface area contributed by atoms with Crippen molar-refractivity contribution in [3.8, 4) is 0 Å². The van der Waals surface area contributed by atoms with Crippen molar-refractivity contribution < 1.29 is 0 Å². The van der Waals surface area contributed by atoms with Gasteiger partial charge in [-0.15, -0.1) is 0 Å². The zero-order chi connectivity index (χ0) is 15.7. The summed E-state index contributed by atoms with van der Waals surface area (Å²) in [6.45, 7) is 4.53. The Hall–Kier alpha value is -1.36. The lowest BCUT2D eigenvalue weighted by Crippen LogP contribution is -2.20. The first-order valence-corrected chi connectivity index (χ1v) is 8.01. The van der Waals surface area contributed by atoms with Crippen LogP contribution in [0.2, 0.25) is 10.0 Å². The first-order chi connectivity index (χ1) is 10.5. The predicted molar refractivity (Wildman–Crippen MR) is 88.7 cm³/mol. The van der Waals surface area contributed by atoms with Gasteiger partial charge in [0, 0.05) is 25.1 Å². The van der Waals surface area contributed by atoms with Crippen molar-refractivity contribution in [1.29, 1.82) is 0 Å². The quantitative estimate of drug-likeness (QED) is 0.933. The van der Waals surface area contributed by atoms with Crippen LogP contribution in [0.4, 0.5) is 0 Å². The lowest BCUT2D eigenvalue weighted by atomic mass is 10.0. The number of aryl methyl sites for hydroxylation is 1. The number of nitrogens with one attached hydrogen (secondary N) is 1. The molecule has 1 saturated heterocycles. The summed E-state index contributed by atoms with van der Waals surface area (Å²) in [7, 11) is 0.